The number of anilines is 1. The first-order chi connectivity index (χ1) is 11.1. The number of nitrogens with zero attached hydrogens (tertiary/aromatic N) is 2. The summed E-state index contributed by atoms with van der Waals surface area (Å²) in [5, 5.41) is 3.15. The number of hydrogen-bond acceptors (Lipinski definition) is 5. The molecule has 2 fully saturated rings. The van der Waals surface area contributed by atoms with Gasteiger partial charge < -0.3 is 9.73 Å². The molecule has 1 aliphatic heterocycles. The van der Waals surface area contributed by atoms with Gasteiger partial charge in [-0.2, -0.15) is 4.98 Å². The third kappa shape index (κ3) is 3.07. The van der Waals surface area contributed by atoms with Gasteiger partial charge in [-0.05, 0) is 43.7 Å². The zero-order chi connectivity index (χ0) is 15.9. The van der Waals surface area contributed by atoms with Crippen molar-refractivity contribution in [3.8, 4) is 0 Å². The van der Waals surface area contributed by atoms with Gasteiger partial charge in [-0.25, -0.2) is 12.7 Å². The number of para-hydroxylation sites is 2. The van der Waals surface area contributed by atoms with Crippen LogP contribution < -0.4 is 5.32 Å². The first-order valence-electron chi connectivity index (χ1n) is 8.21. The molecule has 0 bridgehead atoms. The fourth-order valence-electron chi connectivity index (χ4n) is 3.12. The Hall–Kier alpha value is -1.60. The first-order valence-corrected chi connectivity index (χ1v) is 9.71. The Morgan fingerprint density at radius 1 is 1.17 bits per heavy atom. The van der Waals surface area contributed by atoms with Crippen LogP contribution in [0.3, 0.4) is 0 Å². The smallest absolute Gasteiger partial charge is 0.295 e. The van der Waals surface area contributed by atoms with Crippen LogP contribution in [0.25, 0.3) is 11.1 Å². The summed E-state index contributed by atoms with van der Waals surface area (Å²) in [5.74, 6) is 0.454. The van der Waals surface area contributed by atoms with E-state index in [2.05, 4.69) is 10.3 Å². The summed E-state index contributed by atoms with van der Waals surface area (Å²) in [4.78, 5) is 4.40. The van der Waals surface area contributed by atoms with E-state index in [1.807, 2.05) is 24.3 Å². The largest absolute Gasteiger partial charge is 0.424 e. The Balaban J connectivity index is 1.31. The van der Waals surface area contributed by atoms with Gasteiger partial charge in [-0.15, -0.1) is 0 Å². The predicted octanol–water partition coefficient (Wildman–Crippen LogP) is 2.44. The molecular formula is C16H21N3O3S. The van der Waals surface area contributed by atoms with Crippen LogP contribution in [0.1, 0.15) is 25.7 Å². The molecule has 1 saturated heterocycles. The molecule has 124 valence electrons. The standard InChI is InChI=1S/C16H21N3O3S/c20-23(21,13-5-6-13)19-9-7-12(8-10-19)11-17-16-18-14-3-1-2-4-15(14)22-16/h1-4,12-13H,5-11H2,(H,17,18). The van der Waals surface area contributed by atoms with Crippen molar-refractivity contribution in [3.05, 3.63) is 24.3 Å². The van der Waals surface area contributed by atoms with Gasteiger partial charge >= 0.3 is 0 Å². The number of nitrogens with one attached hydrogen (secondary N) is 1. The van der Waals surface area contributed by atoms with Crippen LogP contribution >= 0.6 is 0 Å². The third-order valence-electron chi connectivity index (χ3n) is 4.71. The normalized spacial score (nSPS) is 20.9. The predicted molar refractivity (Wildman–Crippen MR) is 88.7 cm³/mol. The molecule has 2 heterocycles. The minimum absolute atomic E-state index is 0.100. The molecule has 23 heavy (non-hydrogen) atoms. The number of fused-ring (bicyclic) bond motifs is 1. The molecule has 1 aliphatic carbocycles. The van der Waals surface area contributed by atoms with Crippen molar-refractivity contribution in [2.75, 3.05) is 25.0 Å². The van der Waals surface area contributed by atoms with Gasteiger partial charge in [0.1, 0.15) is 5.52 Å². The van der Waals surface area contributed by atoms with E-state index in [1.54, 1.807) is 4.31 Å². The van der Waals surface area contributed by atoms with E-state index in [1.165, 1.54) is 0 Å². The Labute approximate surface area is 135 Å². The second-order valence-electron chi connectivity index (χ2n) is 6.45. The number of aromatic nitrogens is 1. The van der Waals surface area contributed by atoms with Crippen LogP contribution in [0.5, 0.6) is 0 Å². The monoisotopic (exact) mass is 335 g/mol. The third-order valence-corrected chi connectivity index (χ3v) is 7.11. The molecule has 2 aromatic rings. The van der Waals surface area contributed by atoms with Gasteiger partial charge in [-0.3, -0.25) is 0 Å². The molecule has 0 radical (unpaired) electrons. The molecule has 0 unspecified atom stereocenters. The van der Waals surface area contributed by atoms with Crippen LogP contribution in [0.2, 0.25) is 0 Å². The molecule has 0 amide bonds. The maximum Gasteiger partial charge on any atom is 0.295 e. The number of rotatable bonds is 5. The average molecular weight is 335 g/mol. The lowest BCUT2D eigenvalue weighted by Gasteiger charge is -2.31. The molecule has 4 rings (SSSR count). The maximum atomic E-state index is 12.2. The van der Waals surface area contributed by atoms with E-state index < -0.39 is 10.0 Å². The molecule has 1 N–H and O–H groups in total. The Morgan fingerprint density at radius 3 is 2.61 bits per heavy atom. The zero-order valence-corrected chi connectivity index (χ0v) is 13.8. The molecule has 1 saturated carbocycles. The highest BCUT2D eigenvalue weighted by Gasteiger charge is 2.41. The number of piperidine rings is 1. The lowest BCUT2D eigenvalue weighted by molar-refractivity contribution is 0.281. The van der Waals surface area contributed by atoms with Gasteiger partial charge in [0.25, 0.3) is 6.01 Å². The SMILES string of the molecule is O=S(=O)(C1CC1)N1CCC(CNc2nc3ccccc3o2)CC1. The van der Waals surface area contributed by atoms with Crippen molar-refractivity contribution in [1.82, 2.24) is 9.29 Å². The number of sulfonamides is 1. The molecule has 0 atom stereocenters. The fraction of sp³-hybridized carbons (Fsp3) is 0.562. The number of benzene rings is 1. The molecule has 6 nitrogen and oxygen atoms in total. The lowest BCUT2D eigenvalue weighted by Crippen LogP contribution is -2.41. The molecule has 0 spiro atoms. The summed E-state index contributed by atoms with van der Waals surface area (Å²) in [5.41, 5.74) is 1.63. The van der Waals surface area contributed by atoms with Crippen LogP contribution in [-0.4, -0.2) is 42.6 Å². The van der Waals surface area contributed by atoms with E-state index in [-0.39, 0.29) is 5.25 Å². The summed E-state index contributed by atoms with van der Waals surface area (Å²) in [6.07, 6.45) is 3.45. The quantitative estimate of drug-likeness (QED) is 0.908. The zero-order valence-electron chi connectivity index (χ0n) is 12.9. The van der Waals surface area contributed by atoms with E-state index in [0.29, 0.717) is 25.0 Å². The van der Waals surface area contributed by atoms with Crippen molar-refractivity contribution in [1.29, 1.82) is 0 Å². The molecule has 2 aliphatic rings. The number of oxazole rings is 1. The highest BCUT2D eigenvalue weighted by atomic mass is 32.2. The Bertz CT molecular complexity index is 757. The molecular weight excluding hydrogens is 314 g/mol. The van der Waals surface area contributed by atoms with Gasteiger partial charge in [0, 0.05) is 19.6 Å². The first kappa shape index (κ1) is 15.0. The van der Waals surface area contributed by atoms with Crippen molar-refractivity contribution >= 4 is 27.1 Å². The number of hydrogen-bond donors (Lipinski definition) is 1. The van der Waals surface area contributed by atoms with Gasteiger partial charge in [0.15, 0.2) is 5.58 Å². The van der Waals surface area contributed by atoms with E-state index >= 15 is 0 Å². The summed E-state index contributed by atoms with van der Waals surface area (Å²) in [6, 6.07) is 8.22. The summed E-state index contributed by atoms with van der Waals surface area (Å²) in [7, 11) is -3.01. The highest BCUT2D eigenvalue weighted by Crippen LogP contribution is 2.33. The summed E-state index contributed by atoms with van der Waals surface area (Å²) < 4.78 is 31.8. The van der Waals surface area contributed by atoms with Crippen molar-refractivity contribution in [2.45, 2.75) is 30.9 Å². The fourth-order valence-corrected chi connectivity index (χ4v) is 5.00. The van der Waals surface area contributed by atoms with Crippen molar-refractivity contribution < 1.29 is 12.8 Å². The van der Waals surface area contributed by atoms with Crippen molar-refractivity contribution in [2.24, 2.45) is 5.92 Å². The second-order valence-corrected chi connectivity index (χ2v) is 8.67. The topological polar surface area (TPSA) is 75.4 Å². The second kappa shape index (κ2) is 5.79. The van der Waals surface area contributed by atoms with Crippen LogP contribution in [0, 0.1) is 5.92 Å². The summed E-state index contributed by atoms with van der Waals surface area (Å²) in [6.45, 7) is 2.04. The van der Waals surface area contributed by atoms with Gasteiger partial charge in [0.05, 0.1) is 5.25 Å². The molecule has 7 heteroatoms. The van der Waals surface area contributed by atoms with E-state index in [9.17, 15) is 8.42 Å². The van der Waals surface area contributed by atoms with Crippen molar-refractivity contribution in [3.63, 3.8) is 0 Å². The summed E-state index contributed by atoms with van der Waals surface area (Å²) >= 11 is 0. The van der Waals surface area contributed by atoms with Gasteiger partial charge in [-0.1, -0.05) is 12.1 Å². The average Bonchev–Trinajstić information content (AvgIpc) is 3.34. The van der Waals surface area contributed by atoms with Crippen LogP contribution in [0.4, 0.5) is 6.01 Å². The van der Waals surface area contributed by atoms with E-state index in [4.69, 9.17) is 4.42 Å². The van der Waals surface area contributed by atoms with Crippen LogP contribution in [0.15, 0.2) is 28.7 Å². The lowest BCUT2D eigenvalue weighted by atomic mass is 9.98. The Morgan fingerprint density at radius 2 is 1.91 bits per heavy atom. The minimum Gasteiger partial charge on any atom is -0.424 e. The molecule has 1 aromatic carbocycles. The minimum atomic E-state index is -3.01. The maximum absolute atomic E-state index is 12.2. The van der Waals surface area contributed by atoms with E-state index in [0.717, 1.165) is 43.3 Å². The van der Waals surface area contributed by atoms with Gasteiger partial charge in [0.2, 0.25) is 10.0 Å². The highest BCUT2D eigenvalue weighted by molar-refractivity contribution is 7.90. The molecule has 1 aromatic heterocycles. The Kier molecular flexibility index (Phi) is 3.77. The van der Waals surface area contributed by atoms with Crippen LogP contribution in [-0.2, 0) is 10.0 Å².